The third-order valence-electron chi connectivity index (χ3n) is 4.91. The van der Waals surface area contributed by atoms with Gasteiger partial charge >= 0.3 is 0 Å². The molecule has 1 aromatic heterocycles. The number of thioether (sulfide) groups is 1. The molecule has 4 rings (SSSR count). The molecule has 3 aromatic carbocycles. The van der Waals surface area contributed by atoms with Gasteiger partial charge < -0.3 is 9.47 Å². The molecular weight excluding hydrogens is 394 g/mol. The van der Waals surface area contributed by atoms with Crippen molar-refractivity contribution >= 4 is 22.5 Å². The van der Waals surface area contributed by atoms with Crippen molar-refractivity contribution in [1.82, 2.24) is 14.8 Å². The van der Waals surface area contributed by atoms with E-state index in [0.717, 1.165) is 22.3 Å². The molecule has 0 aliphatic rings. The van der Waals surface area contributed by atoms with Gasteiger partial charge in [-0.2, -0.15) is 0 Å². The Hall–Kier alpha value is -3.25. The van der Waals surface area contributed by atoms with E-state index in [0.29, 0.717) is 18.0 Å². The van der Waals surface area contributed by atoms with Gasteiger partial charge in [-0.3, -0.25) is 4.57 Å². The lowest BCUT2D eigenvalue weighted by molar-refractivity contribution is 0.355. The standard InChI is InChI=1S/C24H23N3O2S/c1-4-14-27-23(18-12-13-21(28-2)22(15-18)29-3)25-26-24(27)30-16-19-10-7-9-17-8-5-6-11-20(17)19/h4-13,15H,1,14,16H2,2-3H3. The zero-order valence-corrected chi connectivity index (χ0v) is 17.9. The van der Waals surface area contributed by atoms with Crippen molar-refractivity contribution in [3.05, 3.63) is 78.9 Å². The highest BCUT2D eigenvalue weighted by Crippen LogP contribution is 2.34. The maximum Gasteiger partial charge on any atom is 0.192 e. The first kappa shape index (κ1) is 20.0. The van der Waals surface area contributed by atoms with Crippen LogP contribution in [0.4, 0.5) is 0 Å². The topological polar surface area (TPSA) is 49.2 Å². The molecule has 0 unspecified atom stereocenters. The maximum atomic E-state index is 5.44. The third kappa shape index (κ3) is 3.91. The zero-order valence-electron chi connectivity index (χ0n) is 17.0. The van der Waals surface area contributed by atoms with Gasteiger partial charge in [0, 0.05) is 17.9 Å². The van der Waals surface area contributed by atoms with Crippen LogP contribution in [0.3, 0.4) is 0 Å². The van der Waals surface area contributed by atoms with Crippen molar-refractivity contribution in [2.75, 3.05) is 14.2 Å². The summed E-state index contributed by atoms with van der Waals surface area (Å²) in [6.45, 7) is 4.52. The molecule has 1 heterocycles. The quantitative estimate of drug-likeness (QED) is 0.276. The Balaban J connectivity index is 1.65. The molecule has 0 atom stereocenters. The summed E-state index contributed by atoms with van der Waals surface area (Å²) in [6, 6.07) is 20.6. The molecule has 0 N–H and O–H groups in total. The second kappa shape index (κ2) is 9.05. The first-order valence-corrected chi connectivity index (χ1v) is 10.6. The van der Waals surface area contributed by atoms with Crippen LogP contribution in [0.1, 0.15) is 5.56 Å². The molecule has 0 saturated heterocycles. The number of fused-ring (bicyclic) bond motifs is 1. The molecular formula is C24H23N3O2S. The molecule has 4 aromatic rings. The molecule has 6 heteroatoms. The summed E-state index contributed by atoms with van der Waals surface area (Å²) in [5.41, 5.74) is 2.19. The molecule has 0 saturated carbocycles. The van der Waals surface area contributed by atoms with Gasteiger partial charge in [0.25, 0.3) is 0 Å². The van der Waals surface area contributed by atoms with Crippen molar-refractivity contribution in [2.24, 2.45) is 0 Å². The van der Waals surface area contributed by atoms with E-state index in [9.17, 15) is 0 Å². The van der Waals surface area contributed by atoms with E-state index in [2.05, 4.69) is 63.8 Å². The van der Waals surface area contributed by atoms with Crippen LogP contribution in [0.5, 0.6) is 11.5 Å². The first-order valence-electron chi connectivity index (χ1n) is 9.61. The second-order valence-corrected chi connectivity index (χ2v) is 7.64. The van der Waals surface area contributed by atoms with E-state index in [-0.39, 0.29) is 0 Å². The maximum absolute atomic E-state index is 5.44. The van der Waals surface area contributed by atoms with Crippen LogP contribution in [-0.4, -0.2) is 29.0 Å². The molecule has 0 radical (unpaired) electrons. The molecule has 0 aliphatic carbocycles. The molecule has 0 bridgehead atoms. The van der Waals surface area contributed by atoms with Crippen molar-refractivity contribution in [2.45, 2.75) is 17.5 Å². The third-order valence-corrected chi connectivity index (χ3v) is 5.92. The summed E-state index contributed by atoms with van der Waals surface area (Å²) in [4.78, 5) is 0. The molecule has 152 valence electrons. The van der Waals surface area contributed by atoms with Crippen LogP contribution in [0.2, 0.25) is 0 Å². The second-order valence-electron chi connectivity index (χ2n) is 6.70. The average Bonchev–Trinajstić information content (AvgIpc) is 3.19. The van der Waals surface area contributed by atoms with Gasteiger partial charge in [0.1, 0.15) is 0 Å². The predicted molar refractivity (Wildman–Crippen MR) is 122 cm³/mol. The fraction of sp³-hybridized carbons (Fsp3) is 0.167. The van der Waals surface area contributed by atoms with Gasteiger partial charge in [-0.05, 0) is 34.5 Å². The normalized spacial score (nSPS) is 10.9. The Morgan fingerprint density at radius 1 is 0.967 bits per heavy atom. The van der Waals surface area contributed by atoms with E-state index in [1.54, 1.807) is 26.0 Å². The summed E-state index contributed by atoms with van der Waals surface area (Å²) in [6.07, 6.45) is 1.86. The summed E-state index contributed by atoms with van der Waals surface area (Å²) in [5.74, 6) is 2.92. The van der Waals surface area contributed by atoms with Gasteiger partial charge in [0.15, 0.2) is 22.5 Å². The Bertz CT molecular complexity index is 1180. The Labute approximate surface area is 180 Å². The highest BCUT2D eigenvalue weighted by Gasteiger charge is 2.16. The smallest absolute Gasteiger partial charge is 0.192 e. The average molecular weight is 418 g/mol. The van der Waals surface area contributed by atoms with Gasteiger partial charge in [-0.15, -0.1) is 16.8 Å². The van der Waals surface area contributed by atoms with Crippen LogP contribution in [0.15, 0.2) is 78.5 Å². The molecule has 0 spiro atoms. The molecule has 0 fully saturated rings. The molecule has 30 heavy (non-hydrogen) atoms. The van der Waals surface area contributed by atoms with E-state index in [1.165, 1.54) is 16.3 Å². The van der Waals surface area contributed by atoms with Crippen LogP contribution < -0.4 is 9.47 Å². The van der Waals surface area contributed by atoms with Crippen LogP contribution in [0.25, 0.3) is 22.2 Å². The fourth-order valence-corrected chi connectivity index (χ4v) is 4.39. The summed E-state index contributed by atoms with van der Waals surface area (Å²) >= 11 is 1.67. The fourth-order valence-electron chi connectivity index (χ4n) is 3.44. The molecule has 0 aliphatic heterocycles. The lowest BCUT2D eigenvalue weighted by Gasteiger charge is -2.11. The summed E-state index contributed by atoms with van der Waals surface area (Å²) in [5, 5.41) is 12.3. The Morgan fingerprint density at radius 3 is 2.57 bits per heavy atom. The largest absolute Gasteiger partial charge is 0.493 e. The minimum Gasteiger partial charge on any atom is -0.493 e. The van der Waals surface area contributed by atoms with Crippen molar-refractivity contribution in [3.63, 3.8) is 0 Å². The zero-order chi connectivity index (χ0) is 20.9. The summed E-state index contributed by atoms with van der Waals surface area (Å²) in [7, 11) is 3.25. The van der Waals surface area contributed by atoms with Gasteiger partial charge in [-0.1, -0.05) is 60.3 Å². The number of benzene rings is 3. The highest BCUT2D eigenvalue weighted by atomic mass is 32.2. The lowest BCUT2D eigenvalue weighted by Crippen LogP contribution is -2.01. The minimum absolute atomic E-state index is 0.620. The number of methoxy groups -OCH3 is 2. The number of ether oxygens (including phenoxy) is 2. The first-order chi connectivity index (χ1) is 14.7. The van der Waals surface area contributed by atoms with Crippen molar-refractivity contribution < 1.29 is 9.47 Å². The number of rotatable bonds is 8. The van der Waals surface area contributed by atoms with Gasteiger partial charge in [0.2, 0.25) is 0 Å². The number of allylic oxidation sites excluding steroid dienone is 1. The Kier molecular flexibility index (Phi) is 6.05. The van der Waals surface area contributed by atoms with Crippen LogP contribution in [0, 0.1) is 0 Å². The van der Waals surface area contributed by atoms with Crippen molar-refractivity contribution in [3.8, 4) is 22.9 Å². The van der Waals surface area contributed by atoms with E-state index < -0.39 is 0 Å². The van der Waals surface area contributed by atoms with Gasteiger partial charge in [-0.25, -0.2) is 0 Å². The predicted octanol–water partition coefficient (Wildman–Crippen LogP) is 5.59. The lowest BCUT2D eigenvalue weighted by atomic mass is 10.1. The molecule has 0 amide bonds. The van der Waals surface area contributed by atoms with Crippen LogP contribution >= 0.6 is 11.8 Å². The van der Waals surface area contributed by atoms with Gasteiger partial charge in [0.05, 0.1) is 14.2 Å². The van der Waals surface area contributed by atoms with E-state index in [1.807, 2.05) is 24.3 Å². The van der Waals surface area contributed by atoms with E-state index >= 15 is 0 Å². The number of hydrogen-bond acceptors (Lipinski definition) is 5. The number of hydrogen-bond donors (Lipinski definition) is 0. The Morgan fingerprint density at radius 2 is 1.77 bits per heavy atom. The highest BCUT2D eigenvalue weighted by molar-refractivity contribution is 7.98. The monoisotopic (exact) mass is 417 g/mol. The molecule has 5 nitrogen and oxygen atoms in total. The summed E-state index contributed by atoms with van der Waals surface area (Å²) < 4.78 is 12.9. The van der Waals surface area contributed by atoms with Crippen molar-refractivity contribution in [1.29, 1.82) is 0 Å². The SMILES string of the molecule is C=CCn1c(SCc2cccc3ccccc23)nnc1-c1ccc(OC)c(OC)c1. The van der Waals surface area contributed by atoms with Crippen LogP contribution in [-0.2, 0) is 12.3 Å². The van der Waals surface area contributed by atoms with E-state index in [4.69, 9.17) is 9.47 Å². The minimum atomic E-state index is 0.620. The number of aromatic nitrogens is 3. The number of nitrogens with zero attached hydrogens (tertiary/aromatic N) is 3.